The van der Waals surface area contributed by atoms with E-state index in [1.54, 1.807) is 0 Å². The molecule has 2 aromatic rings. The van der Waals surface area contributed by atoms with Crippen LogP contribution in [0.4, 0.5) is 13.2 Å². The SMILES string of the molecule is COc1ccc(OC(F)(F)F)cc1CNC1CCC2CCC1(c1ccccc1)N2.Cl.Cl. The van der Waals surface area contributed by atoms with E-state index in [1.807, 2.05) is 18.2 Å². The Morgan fingerprint density at radius 3 is 2.48 bits per heavy atom. The molecule has 31 heavy (non-hydrogen) atoms. The lowest BCUT2D eigenvalue weighted by molar-refractivity contribution is -0.274. The molecule has 2 heterocycles. The van der Waals surface area contributed by atoms with Gasteiger partial charge in [-0.05, 0) is 49.4 Å². The highest BCUT2D eigenvalue weighted by Gasteiger charge is 2.48. The van der Waals surface area contributed by atoms with Gasteiger partial charge in [-0.15, -0.1) is 38.0 Å². The van der Waals surface area contributed by atoms with Gasteiger partial charge in [-0.2, -0.15) is 0 Å². The normalized spacial score (nSPS) is 24.6. The van der Waals surface area contributed by atoms with Crippen LogP contribution in [-0.4, -0.2) is 25.6 Å². The van der Waals surface area contributed by atoms with Crippen molar-refractivity contribution < 1.29 is 22.6 Å². The molecule has 0 spiro atoms. The summed E-state index contributed by atoms with van der Waals surface area (Å²) in [6, 6.07) is 15.3. The molecule has 4 nitrogen and oxygen atoms in total. The van der Waals surface area contributed by atoms with Crippen molar-refractivity contribution in [1.29, 1.82) is 0 Å². The Kier molecular flexibility index (Phi) is 8.50. The number of rotatable bonds is 6. The molecule has 2 N–H and O–H groups in total. The van der Waals surface area contributed by atoms with Gasteiger partial charge in [0, 0.05) is 24.2 Å². The van der Waals surface area contributed by atoms with Crippen molar-refractivity contribution in [3.8, 4) is 11.5 Å². The Labute approximate surface area is 192 Å². The van der Waals surface area contributed by atoms with Crippen LogP contribution >= 0.6 is 24.8 Å². The standard InChI is InChI=1S/C22H25F3N2O2.2ClH/c1-28-19-9-8-18(29-22(23,24)25)13-15(19)14-26-20-10-7-17-11-12-21(20,27-17)16-5-3-2-4-6-16;;/h2-6,8-9,13,17,20,26-27H,7,10-12,14H2,1H3;2*1H. The van der Waals surface area contributed by atoms with E-state index in [1.165, 1.54) is 30.9 Å². The Hall–Kier alpha value is -1.67. The number of ether oxygens (including phenoxy) is 2. The number of halogens is 5. The molecule has 3 atom stereocenters. The summed E-state index contributed by atoms with van der Waals surface area (Å²) in [5, 5.41) is 7.40. The highest BCUT2D eigenvalue weighted by molar-refractivity contribution is 5.85. The second kappa shape index (κ2) is 10.3. The molecule has 3 unspecified atom stereocenters. The van der Waals surface area contributed by atoms with E-state index in [4.69, 9.17) is 4.74 Å². The van der Waals surface area contributed by atoms with Crippen LogP contribution in [0, 0.1) is 0 Å². The van der Waals surface area contributed by atoms with E-state index in [9.17, 15) is 13.2 Å². The molecule has 0 saturated carbocycles. The van der Waals surface area contributed by atoms with E-state index in [-0.39, 0.29) is 42.1 Å². The maximum atomic E-state index is 12.6. The van der Waals surface area contributed by atoms with Gasteiger partial charge in [0.05, 0.1) is 12.6 Å². The molecule has 9 heteroatoms. The third kappa shape index (κ3) is 5.58. The molecule has 0 radical (unpaired) electrons. The summed E-state index contributed by atoms with van der Waals surface area (Å²) in [4.78, 5) is 0. The van der Waals surface area contributed by atoms with Gasteiger partial charge in [0.25, 0.3) is 0 Å². The van der Waals surface area contributed by atoms with Gasteiger partial charge in [0.2, 0.25) is 0 Å². The van der Waals surface area contributed by atoms with Crippen molar-refractivity contribution in [2.45, 2.75) is 56.2 Å². The van der Waals surface area contributed by atoms with Gasteiger partial charge < -0.3 is 20.1 Å². The van der Waals surface area contributed by atoms with Gasteiger partial charge in [-0.1, -0.05) is 30.3 Å². The number of hydrogen-bond acceptors (Lipinski definition) is 4. The molecule has 2 fully saturated rings. The highest BCUT2D eigenvalue weighted by atomic mass is 35.5. The van der Waals surface area contributed by atoms with Crippen LogP contribution in [0.2, 0.25) is 0 Å². The zero-order valence-corrected chi connectivity index (χ0v) is 18.7. The monoisotopic (exact) mass is 478 g/mol. The van der Waals surface area contributed by atoms with E-state index in [0.717, 1.165) is 25.7 Å². The second-order valence-corrected chi connectivity index (χ2v) is 7.75. The first kappa shape index (κ1) is 25.6. The minimum Gasteiger partial charge on any atom is -0.496 e. The van der Waals surface area contributed by atoms with Crippen molar-refractivity contribution in [1.82, 2.24) is 10.6 Å². The average Bonchev–Trinajstić information content (AvgIpc) is 3.05. The maximum Gasteiger partial charge on any atom is 0.573 e. The molecule has 2 saturated heterocycles. The number of nitrogens with one attached hydrogen (secondary N) is 2. The van der Waals surface area contributed by atoms with E-state index < -0.39 is 6.36 Å². The lowest BCUT2D eigenvalue weighted by atomic mass is 9.79. The molecule has 2 bridgehead atoms. The van der Waals surface area contributed by atoms with Crippen LogP contribution < -0.4 is 20.1 Å². The fraction of sp³-hybridized carbons (Fsp3) is 0.455. The Bertz CT molecular complexity index is 854. The zero-order valence-electron chi connectivity index (χ0n) is 17.1. The summed E-state index contributed by atoms with van der Waals surface area (Å²) in [7, 11) is 1.51. The molecular formula is C22H27Cl2F3N2O2. The average molecular weight is 479 g/mol. The summed E-state index contributed by atoms with van der Waals surface area (Å²) < 4.78 is 47.2. The first-order chi connectivity index (χ1) is 13.9. The Morgan fingerprint density at radius 1 is 1.06 bits per heavy atom. The predicted molar refractivity (Wildman–Crippen MR) is 118 cm³/mol. The molecule has 0 aliphatic carbocycles. The van der Waals surface area contributed by atoms with Crippen molar-refractivity contribution >= 4 is 24.8 Å². The van der Waals surface area contributed by atoms with E-state index in [2.05, 4.69) is 27.5 Å². The molecule has 4 rings (SSSR count). The maximum absolute atomic E-state index is 12.6. The van der Waals surface area contributed by atoms with Gasteiger partial charge in [0.1, 0.15) is 11.5 Å². The number of hydrogen-bond donors (Lipinski definition) is 2. The van der Waals surface area contributed by atoms with Crippen LogP contribution in [0.25, 0.3) is 0 Å². The molecule has 2 aromatic carbocycles. The topological polar surface area (TPSA) is 42.5 Å². The predicted octanol–water partition coefficient (Wildman–Crippen LogP) is 5.34. The van der Waals surface area contributed by atoms with Gasteiger partial charge in [-0.25, -0.2) is 0 Å². The van der Waals surface area contributed by atoms with Crippen molar-refractivity contribution in [3.05, 3.63) is 59.7 Å². The van der Waals surface area contributed by atoms with Crippen LogP contribution in [0.1, 0.15) is 36.8 Å². The van der Waals surface area contributed by atoms with Crippen molar-refractivity contribution in [2.75, 3.05) is 7.11 Å². The van der Waals surface area contributed by atoms with Crippen LogP contribution in [-0.2, 0) is 12.1 Å². The van der Waals surface area contributed by atoms with E-state index in [0.29, 0.717) is 23.9 Å². The summed E-state index contributed by atoms with van der Waals surface area (Å²) in [6.07, 6.45) is -0.462. The van der Waals surface area contributed by atoms with Crippen LogP contribution in [0.5, 0.6) is 11.5 Å². The number of piperidine rings is 1. The number of alkyl halides is 3. The van der Waals surface area contributed by atoms with Gasteiger partial charge in [0.15, 0.2) is 0 Å². The van der Waals surface area contributed by atoms with Crippen LogP contribution in [0.3, 0.4) is 0 Å². The largest absolute Gasteiger partial charge is 0.573 e. The van der Waals surface area contributed by atoms with Crippen LogP contribution in [0.15, 0.2) is 48.5 Å². The molecule has 2 aliphatic rings. The molecule has 2 aliphatic heterocycles. The minimum atomic E-state index is -4.72. The molecule has 0 amide bonds. The Morgan fingerprint density at radius 2 is 1.81 bits per heavy atom. The van der Waals surface area contributed by atoms with Crippen molar-refractivity contribution in [3.63, 3.8) is 0 Å². The fourth-order valence-electron chi connectivity index (χ4n) is 4.78. The first-order valence-electron chi connectivity index (χ1n) is 9.89. The number of benzene rings is 2. The quantitative estimate of drug-likeness (QED) is 0.588. The van der Waals surface area contributed by atoms with E-state index >= 15 is 0 Å². The summed E-state index contributed by atoms with van der Waals surface area (Å²) in [5.41, 5.74) is 1.73. The lowest BCUT2D eigenvalue weighted by Gasteiger charge is -2.43. The third-order valence-corrected chi connectivity index (χ3v) is 6.06. The fourth-order valence-corrected chi connectivity index (χ4v) is 4.78. The number of methoxy groups -OCH3 is 1. The number of fused-ring (bicyclic) bond motifs is 2. The third-order valence-electron chi connectivity index (χ3n) is 6.06. The van der Waals surface area contributed by atoms with Gasteiger partial charge in [-0.3, -0.25) is 0 Å². The van der Waals surface area contributed by atoms with Crippen molar-refractivity contribution in [2.24, 2.45) is 0 Å². The van der Waals surface area contributed by atoms with Gasteiger partial charge >= 0.3 is 6.36 Å². The highest BCUT2D eigenvalue weighted by Crippen LogP contribution is 2.43. The second-order valence-electron chi connectivity index (χ2n) is 7.75. The summed E-state index contributed by atoms with van der Waals surface area (Å²) in [5.74, 6) is 0.296. The molecule has 172 valence electrons. The smallest absolute Gasteiger partial charge is 0.496 e. The summed E-state index contributed by atoms with van der Waals surface area (Å²) >= 11 is 0. The zero-order chi connectivity index (χ0) is 20.5. The molecular weight excluding hydrogens is 452 g/mol. The summed E-state index contributed by atoms with van der Waals surface area (Å²) in [6.45, 7) is 0.393. The minimum absolute atomic E-state index is 0. The molecule has 0 aromatic heterocycles. The first-order valence-corrected chi connectivity index (χ1v) is 9.89. The lowest BCUT2D eigenvalue weighted by Crippen LogP contribution is -2.58. The Balaban J connectivity index is 0.00000171.